The van der Waals surface area contributed by atoms with Crippen molar-refractivity contribution in [2.45, 2.75) is 52.4 Å². The number of carbonyl (C=O) groups is 1. The number of alkyl halides is 1. The smallest absolute Gasteiger partial charge is 0.226 e. The van der Waals surface area contributed by atoms with Crippen LogP contribution >= 0.6 is 11.6 Å². The van der Waals surface area contributed by atoms with Crippen LogP contribution in [-0.2, 0) is 4.79 Å². The van der Waals surface area contributed by atoms with Crippen molar-refractivity contribution < 1.29 is 4.79 Å². The molecular weight excluding hydrogens is 222 g/mol. The first-order valence-electron chi connectivity index (χ1n) is 6.49. The third-order valence-corrected chi connectivity index (χ3v) is 4.15. The van der Waals surface area contributed by atoms with E-state index in [0.717, 1.165) is 32.2 Å². The number of halogens is 1. The summed E-state index contributed by atoms with van der Waals surface area (Å²) >= 11 is 5.68. The molecule has 1 aliphatic rings. The van der Waals surface area contributed by atoms with Crippen molar-refractivity contribution in [2.24, 2.45) is 11.3 Å². The molecule has 94 valence electrons. The molecule has 1 amide bonds. The first kappa shape index (κ1) is 13.8. The Balaban J connectivity index is 2.38. The average molecular weight is 246 g/mol. The van der Waals surface area contributed by atoms with Crippen LogP contribution in [0, 0.1) is 11.3 Å². The molecule has 1 fully saturated rings. The highest BCUT2D eigenvalue weighted by Gasteiger charge is 2.38. The number of carbonyl (C=O) groups excluding carboxylic acids is 1. The highest BCUT2D eigenvalue weighted by molar-refractivity contribution is 6.17. The van der Waals surface area contributed by atoms with Crippen molar-refractivity contribution in [1.82, 2.24) is 5.32 Å². The third kappa shape index (κ3) is 3.38. The maximum atomic E-state index is 12.2. The van der Waals surface area contributed by atoms with Gasteiger partial charge in [-0.25, -0.2) is 0 Å². The summed E-state index contributed by atoms with van der Waals surface area (Å²) in [6.07, 6.45) is 6.50. The van der Waals surface area contributed by atoms with E-state index in [1.165, 1.54) is 12.8 Å². The van der Waals surface area contributed by atoms with Crippen LogP contribution in [0.5, 0.6) is 0 Å². The van der Waals surface area contributed by atoms with Gasteiger partial charge >= 0.3 is 0 Å². The van der Waals surface area contributed by atoms with Crippen LogP contribution in [0.2, 0.25) is 0 Å². The van der Waals surface area contributed by atoms with E-state index in [1.807, 2.05) is 0 Å². The lowest BCUT2D eigenvalue weighted by atomic mass is 9.82. The van der Waals surface area contributed by atoms with Gasteiger partial charge in [0, 0.05) is 17.8 Å². The van der Waals surface area contributed by atoms with E-state index < -0.39 is 0 Å². The minimum Gasteiger partial charge on any atom is -0.355 e. The van der Waals surface area contributed by atoms with Crippen LogP contribution < -0.4 is 5.32 Å². The zero-order chi connectivity index (χ0) is 12.0. The van der Waals surface area contributed by atoms with Gasteiger partial charge in [0.2, 0.25) is 5.91 Å². The molecule has 0 aromatic heterocycles. The fourth-order valence-electron chi connectivity index (χ4n) is 2.54. The van der Waals surface area contributed by atoms with Gasteiger partial charge in [0.1, 0.15) is 0 Å². The van der Waals surface area contributed by atoms with Crippen molar-refractivity contribution in [3.63, 3.8) is 0 Å². The molecule has 1 aliphatic carbocycles. The number of hydrogen-bond acceptors (Lipinski definition) is 1. The lowest BCUT2D eigenvalue weighted by Gasteiger charge is -2.26. The van der Waals surface area contributed by atoms with Crippen molar-refractivity contribution in [3.8, 4) is 0 Å². The highest BCUT2D eigenvalue weighted by atomic mass is 35.5. The molecule has 0 aliphatic heterocycles. The Bertz CT molecular complexity index is 224. The molecular formula is C13H24ClNO. The molecule has 3 heteroatoms. The van der Waals surface area contributed by atoms with E-state index in [4.69, 9.17) is 11.6 Å². The van der Waals surface area contributed by atoms with E-state index in [2.05, 4.69) is 19.2 Å². The zero-order valence-electron chi connectivity index (χ0n) is 10.5. The normalized spacial score (nSPS) is 20.7. The Kier molecular flexibility index (Phi) is 5.60. The standard InChI is InChI=1S/C13H24ClNO/c1-3-13(7-4-5-8-13)12(16)15-10-11(2)6-9-14/h11H,3-10H2,1-2H3,(H,15,16). The van der Waals surface area contributed by atoms with Crippen molar-refractivity contribution >= 4 is 17.5 Å². The third-order valence-electron chi connectivity index (χ3n) is 3.93. The molecule has 1 atom stereocenters. The highest BCUT2D eigenvalue weighted by Crippen LogP contribution is 2.41. The number of hydrogen-bond donors (Lipinski definition) is 1. The van der Waals surface area contributed by atoms with Gasteiger partial charge in [-0.05, 0) is 31.6 Å². The Hall–Kier alpha value is -0.240. The summed E-state index contributed by atoms with van der Waals surface area (Å²) in [5, 5.41) is 3.10. The van der Waals surface area contributed by atoms with Gasteiger partial charge in [-0.15, -0.1) is 11.6 Å². The average Bonchev–Trinajstić information content (AvgIpc) is 2.76. The molecule has 0 aromatic carbocycles. The van der Waals surface area contributed by atoms with Crippen LogP contribution in [0.15, 0.2) is 0 Å². The van der Waals surface area contributed by atoms with Crippen LogP contribution in [0.1, 0.15) is 52.4 Å². The minimum atomic E-state index is -0.0549. The summed E-state index contributed by atoms with van der Waals surface area (Å²) < 4.78 is 0. The molecule has 1 unspecified atom stereocenters. The Labute approximate surface area is 104 Å². The van der Waals surface area contributed by atoms with Crippen LogP contribution in [0.3, 0.4) is 0 Å². The Morgan fingerprint density at radius 2 is 2.06 bits per heavy atom. The first-order chi connectivity index (χ1) is 7.64. The van der Waals surface area contributed by atoms with Gasteiger partial charge in [0.15, 0.2) is 0 Å². The van der Waals surface area contributed by atoms with E-state index in [9.17, 15) is 4.79 Å². The van der Waals surface area contributed by atoms with Crippen molar-refractivity contribution in [3.05, 3.63) is 0 Å². The second kappa shape index (κ2) is 6.48. The van der Waals surface area contributed by atoms with Gasteiger partial charge < -0.3 is 5.32 Å². The minimum absolute atomic E-state index is 0.0549. The lowest BCUT2D eigenvalue weighted by Crippen LogP contribution is -2.40. The van der Waals surface area contributed by atoms with Crippen molar-refractivity contribution in [1.29, 1.82) is 0 Å². The molecule has 1 N–H and O–H groups in total. The molecule has 0 heterocycles. The second-order valence-electron chi connectivity index (χ2n) is 5.13. The Morgan fingerprint density at radius 3 is 2.56 bits per heavy atom. The fourth-order valence-corrected chi connectivity index (χ4v) is 2.91. The van der Waals surface area contributed by atoms with Crippen LogP contribution in [0.4, 0.5) is 0 Å². The predicted octanol–water partition coefficient (Wildman–Crippen LogP) is 3.34. The largest absolute Gasteiger partial charge is 0.355 e. The molecule has 2 nitrogen and oxygen atoms in total. The summed E-state index contributed by atoms with van der Waals surface area (Å²) in [4.78, 5) is 12.2. The fraction of sp³-hybridized carbons (Fsp3) is 0.923. The molecule has 0 spiro atoms. The lowest BCUT2D eigenvalue weighted by molar-refractivity contribution is -0.131. The quantitative estimate of drug-likeness (QED) is 0.715. The van der Waals surface area contributed by atoms with E-state index in [0.29, 0.717) is 11.8 Å². The summed E-state index contributed by atoms with van der Waals surface area (Å²) in [6, 6.07) is 0. The van der Waals surface area contributed by atoms with Gasteiger partial charge in [-0.1, -0.05) is 26.7 Å². The maximum absolute atomic E-state index is 12.2. The summed E-state index contributed by atoms with van der Waals surface area (Å²) in [6.45, 7) is 5.04. The molecule has 1 saturated carbocycles. The zero-order valence-corrected chi connectivity index (χ0v) is 11.3. The summed E-state index contributed by atoms with van der Waals surface area (Å²) in [5.41, 5.74) is -0.0549. The first-order valence-corrected chi connectivity index (χ1v) is 7.02. The maximum Gasteiger partial charge on any atom is 0.226 e. The topological polar surface area (TPSA) is 29.1 Å². The molecule has 16 heavy (non-hydrogen) atoms. The predicted molar refractivity (Wildman–Crippen MR) is 68.7 cm³/mol. The molecule has 0 bridgehead atoms. The van der Waals surface area contributed by atoms with Gasteiger partial charge in [0.05, 0.1) is 0 Å². The second-order valence-corrected chi connectivity index (χ2v) is 5.51. The Morgan fingerprint density at radius 1 is 1.44 bits per heavy atom. The molecule has 0 saturated heterocycles. The number of amides is 1. The summed E-state index contributed by atoms with van der Waals surface area (Å²) in [7, 11) is 0. The van der Waals surface area contributed by atoms with Gasteiger partial charge in [-0.2, -0.15) is 0 Å². The van der Waals surface area contributed by atoms with Gasteiger partial charge in [0.25, 0.3) is 0 Å². The van der Waals surface area contributed by atoms with E-state index in [1.54, 1.807) is 0 Å². The number of nitrogens with one attached hydrogen (secondary N) is 1. The van der Waals surface area contributed by atoms with Gasteiger partial charge in [-0.3, -0.25) is 4.79 Å². The van der Waals surface area contributed by atoms with Crippen LogP contribution in [0.25, 0.3) is 0 Å². The SMILES string of the molecule is CCC1(C(=O)NCC(C)CCCl)CCCC1. The molecule has 0 aromatic rings. The van der Waals surface area contributed by atoms with E-state index >= 15 is 0 Å². The molecule has 0 radical (unpaired) electrons. The monoisotopic (exact) mass is 245 g/mol. The number of rotatable bonds is 6. The van der Waals surface area contributed by atoms with Crippen LogP contribution in [-0.4, -0.2) is 18.3 Å². The molecule has 1 rings (SSSR count). The van der Waals surface area contributed by atoms with Crippen molar-refractivity contribution in [2.75, 3.05) is 12.4 Å². The van der Waals surface area contributed by atoms with E-state index in [-0.39, 0.29) is 11.3 Å². The summed E-state index contributed by atoms with van der Waals surface area (Å²) in [5.74, 6) is 1.43.